The third kappa shape index (κ3) is 4.42. The average molecular weight is 342 g/mol. The number of carbonyl (C=O) groups is 2. The molecule has 1 aromatic carbocycles. The molecule has 132 valence electrons. The molecule has 2 rings (SSSR count). The van der Waals surface area contributed by atoms with Gasteiger partial charge in [0.25, 0.3) is 0 Å². The van der Waals surface area contributed by atoms with Crippen LogP contribution in [0.25, 0.3) is 11.1 Å². The summed E-state index contributed by atoms with van der Waals surface area (Å²) in [5.74, 6) is -1.03. The molecule has 2 N–H and O–H groups in total. The minimum absolute atomic E-state index is 0.383. The highest BCUT2D eigenvalue weighted by atomic mass is 16.6. The summed E-state index contributed by atoms with van der Waals surface area (Å²) in [6.45, 7) is 5.32. The van der Waals surface area contributed by atoms with E-state index in [1.54, 1.807) is 57.3 Å². The molecule has 0 bridgehead atoms. The van der Waals surface area contributed by atoms with Gasteiger partial charge in [-0.1, -0.05) is 18.2 Å². The van der Waals surface area contributed by atoms with Crippen LogP contribution in [-0.2, 0) is 14.3 Å². The first-order chi connectivity index (χ1) is 11.7. The Kier molecular flexibility index (Phi) is 5.54. The molecule has 1 aromatic heterocycles. The molecule has 0 aliphatic rings. The van der Waals surface area contributed by atoms with Crippen molar-refractivity contribution < 1.29 is 19.1 Å². The van der Waals surface area contributed by atoms with Crippen LogP contribution in [0.15, 0.2) is 42.7 Å². The van der Waals surface area contributed by atoms with E-state index in [1.807, 2.05) is 0 Å². The van der Waals surface area contributed by atoms with Crippen molar-refractivity contribution >= 4 is 11.9 Å². The Balaban J connectivity index is 2.50. The van der Waals surface area contributed by atoms with Gasteiger partial charge in [0.05, 0.1) is 12.7 Å². The van der Waals surface area contributed by atoms with Crippen molar-refractivity contribution in [2.45, 2.75) is 32.4 Å². The van der Waals surface area contributed by atoms with Crippen LogP contribution in [-0.4, -0.2) is 29.6 Å². The van der Waals surface area contributed by atoms with E-state index in [0.29, 0.717) is 22.3 Å². The molecular formula is C19H22N2O4. The molecule has 0 aliphatic heterocycles. The summed E-state index contributed by atoms with van der Waals surface area (Å²) < 4.78 is 10.2. The van der Waals surface area contributed by atoms with Crippen LogP contribution in [0.5, 0.6) is 0 Å². The monoisotopic (exact) mass is 342 g/mol. The molecule has 6 heteroatoms. The first-order valence-corrected chi connectivity index (χ1v) is 7.84. The SMILES string of the molecule is COC(=O)c1ccccc1-c1ccncc1C(N)C(=O)OC(C)(C)C. The molecule has 1 heterocycles. The van der Waals surface area contributed by atoms with Gasteiger partial charge in [-0.05, 0) is 44.0 Å². The number of ether oxygens (including phenoxy) is 2. The Hall–Kier alpha value is -2.73. The summed E-state index contributed by atoms with van der Waals surface area (Å²) in [6.07, 6.45) is 3.09. The lowest BCUT2D eigenvalue weighted by molar-refractivity contribution is -0.156. The van der Waals surface area contributed by atoms with Crippen molar-refractivity contribution in [2.75, 3.05) is 7.11 Å². The first-order valence-electron chi connectivity index (χ1n) is 7.84. The number of aromatic nitrogens is 1. The first kappa shape index (κ1) is 18.6. The summed E-state index contributed by atoms with van der Waals surface area (Å²) in [5, 5.41) is 0. The maximum atomic E-state index is 12.4. The molecule has 6 nitrogen and oxygen atoms in total. The van der Waals surface area contributed by atoms with Gasteiger partial charge in [0.2, 0.25) is 0 Å². The second-order valence-electron chi connectivity index (χ2n) is 6.51. The van der Waals surface area contributed by atoms with Crippen molar-refractivity contribution in [1.29, 1.82) is 0 Å². The van der Waals surface area contributed by atoms with Crippen LogP contribution in [0, 0.1) is 0 Å². The molecule has 0 radical (unpaired) electrons. The normalized spacial score (nSPS) is 12.4. The molecule has 1 atom stereocenters. The Morgan fingerprint density at radius 3 is 2.44 bits per heavy atom. The van der Waals surface area contributed by atoms with Gasteiger partial charge < -0.3 is 15.2 Å². The van der Waals surface area contributed by atoms with E-state index < -0.39 is 23.6 Å². The Morgan fingerprint density at radius 2 is 1.80 bits per heavy atom. The van der Waals surface area contributed by atoms with Crippen LogP contribution in [0.2, 0.25) is 0 Å². The second-order valence-corrected chi connectivity index (χ2v) is 6.51. The van der Waals surface area contributed by atoms with E-state index in [4.69, 9.17) is 15.2 Å². The molecule has 0 fully saturated rings. The third-order valence-corrected chi connectivity index (χ3v) is 3.47. The third-order valence-electron chi connectivity index (χ3n) is 3.47. The molecular weight excluding hydrogens is 320 g/mol. The predicted octanol–water partition coefficient (Wildman–Crippen LogP) is 2.88. The molecule has 0 saturated carbocycles. The lowest BCUT2D eigenvalue weighted by atomic mass is 9.93. The summed E-state index contributed by atoms with van der Waals surface area (Å²) in [6, 6.07) is 7.65. The Labute approximate surface area is 147 Å². The highest BCUT2D eigenvalue weighted by molar-refractivity contribution is 5.98. The van der Waals surface area contributed by atoms with Crippen LogP contribution >= 0.6 is 0 Å². The summed E-state index contributed by atoms with van der Waals surface area (Å²) in [7, 11) is 1.32. The zero-order valence-electron chi connectivity index (χ0n) is 14.8. The minimum atomic E-state index is -1.02. The van der Waals surface area contributed by atoms with Gasteiger partial charge in [0.15, 0.2) is 0 Å². The number of methoxy groups -OCH3 is 1. The van der Waals surface area contributed by atoms with E-state index in [2.05, 4.69) is 4.98 Å². The van der Waals surface area contributed by atoms with Crippen LogP contribution in [0.4, 0.5) is 0 Å². The second kappa shape index (κ2) is 7.44. The zero-order valence-corrected chi connectivity index (χ0v) is 14.8. The topological polar surface area (TPSA) is 91.5 Å². The molecule has 0 spiro atoms. The Bertz CT molecular complexity index is 781. The van der Waals surface area contributed by atoms with Crippen LogP contribution in [0.1, 0.15) is 42.7 Å². The summed E-state index contributed by atoms with van der Waals surface area (Å²) in [4.78, 5) is 28.5. The van der Waals surface area contributed by atoms with Crippen molar-refractivity contribution in [3.63, 3.8) is 0 Å². The van der Waals surface area contributed by atoms with E-state index in [-0.39, 0.29) is 0 Å². The highest BCUT2D eigenvalue weighted by Crippen LogP contribution is 2.30. The maximum absolute atomic E-state index is 12.4. The van der Waals surface area contributed by atoms with E-state index in [9.17, 15) is 9.59 Å². The van der Waals surface area contributed by atoms with Gasteiger partial charge in [-0.25, -0.2) is 9.59 Å². The fraction of sp³-hybridized carbons (Fsp3) is 0.316. The van der Waals surface area contributed by atoms with Crippen molar-refractivity contribution in [3.05, 3.63) is 53.9 Å². The van der Waals surface area contributed by atoms with Gasteiger partial charge in [0.1, 0.15) is 11.6 Å². The van der Waals surface area contributed by atoms with Crippen LogP contribution < -0.4 is 5.73 Å². The minimum Gasteiger partial charge on any atom is -0.465 e. The largest absolute Gasteiger partial charge is 0.465 e. The molecule has 2 aromatic rings. The van der Waals surface area contributed by atoms with E-state index in [1.165, 1.54) is 13.3 Å². The fourth-order valence-corrected chi connectivity index (χ4v) is 2.40. The van der Waals surface area contributed by atoms with Crippen molar-refractivity contribution in [1.82, 2.24) is 4.98 Å². The number of nitrogens with two attached hydrogens (primary N) is 1. The molecule has 1 unspecified atom stereocenters. The quantitative estimate of drug-likeness (QED) is 0.859. The Morgan fingerprint density at radius 1 is 1.12 bits per heavy atom. The molecule has 25 heavy (non-hydrogen) atoms. The lowest BCUT2D eigenvalue weighted by Gasteiger charge is -2.23. The lowest BCUT2D eigenvalue weighted by Crippen LogP contribution is -2.32. The number of nitrogens with zero attached hydrogens (tertiary/aromatic N) is 1. The molecule has 0 aliphatic carbocycles. The number of hydrogen-bond donors (Lipinski definition) is 1. The van der Waals surface area contributed by atoms with Gasteiger partial charge in [-0.15, -0.1) is 0 Å². The highest BCUT2D eigenvalue weighted by Gasteiger charge is 2.26. The molecule has 0 saturated heterocycles. The van der Waals surface area contributed by atoms with Gasteiger partial charge in [-0.3, -0.25) is 4.98 Å². The number of esters is 2. The van der Waals surface area contributed by atoms with Gasteiger partial charge in [-0.2, -0.15) is 0 Å². The van der Waals surface area contributed by atoms with Crippen molar-refractivity contribution in [2.24, 2.45) is 5.73 Å². The standard InChI is InChI=1S/C19H22N2O4/c1-19(2,3)25-18(23)16(20)15-11-21-10-9-13(15)12-7-5-6-8-14(12)17(22)24-4/h5-11,16H,20H2,1-4H3. The fourth-order valence-electron chi connectivity index (χ4n) is 2.40. The summed E-state index contributed by atoms with van der Waals surface area (Å²) in [5.41, 5.74) is 7.57. The van der Waals surface area contributed by atoms with Crippen molar-refractivity contribution in [3.8, 4) is 11.1 Å². The number of pyridine rings is 1. The van der Waals surface area contributed by atoms with Gasteiger partial charge in [0, 0.05) is 18.0 Å². The number of rotatable bonds is 4. The average Bonchev–Trinajstić information content (AvgIpc) is 2.59. The van der Waals surface area contributed by atoms with Crippen LogP contribution in [0.3, 0.4) is 0 Å². The summed E-state index contributed by atoms with van der Waals surface area (Å²) >= 11 is 0. The molecule has 0 amide bonds. The number of carbonyl (C=O) groups excluding carboxylic acids is 2. The van der Waals surface area contributed by atoms with E-state index >= 15 is 0 Å². The maximum Gasteiger partial charge on any atom is 0.338 e. The van der Waals surface area contributed by atoms with Gasteiger partial charge >= 0.3 is 11.9 Å². The number of hydrogen-bond acceptors (Lipinski definition) is 6. The predicted molar refractivity (Wildman–Crippen MR) is 93.8 cm³/mol. The zero-order chi connectivity index (χ0) is 18.6. The smallest absolute Gasteiger partial charge is 0.338 e. The van der Waals surface area contributed by atoms with E-state index in [0.717, 1.165) is 0 Å². The number of benzene rings is 1.